The molecule has 0 aliphatic carbocycles. The van der Waals surface area contributed by atoms with Gasteiger partial charge in [-0.3, -0.25) is 14.9 Å². The third-order valence-corrected chi connectivity index (χ3v) is 3.43. The Morgan fingerprint density at radius 3 is 2.35 bits per heavy atom. The second-order valence-corrected chi connectivity index (χ2v) is 5.60. The molecule has 20 heavy (non-hydrogen) atoms. The minimum atomic E-state index is -0.543. The van der Waals surface area contributed by atoms with E-state index in [0.29, 0.717) is 20.8 Å². The monoisotopic (exact) mass is 399 g/mol. The number of ether oxygens (including phenoxy) is 1. The summed E-state index contributed by atoms with van der Waals surface area (Å²) in [6, 6.07) is 9.27. The SMILES string of the molecule is O=Cc1ccc(Br)cc1Oc1ccc(Br)cc1[N+](=O)[O-]. The largest absolute Gasteiger partial charge is 0.449 e. The number of nitro benzene ring substituents is 1. The molecule has 7 heteroatoms. The zero-order valence-electron chi connectivity index (χ0n) is 9.88. The molecule has 0 spiro atoms. The predicted molar refractivity (Wildman–Crippen MR) is 80.4 cm³/mol. The maximum Gasteiger partial charge on any atom is 0.312 e. The Morgan fingerprint density at radius 2 is 1.70 bits per heavy atom. The van der Waals surface area contributed by atoms with Gasteiger partial charge in [-0.15, -0.1) is 0 Å². The second-order valence-electron chi connectivity index (χ2n) is 3.77. The van der Waals surface area contributed by atoms with Crippen molar-refractivity contribution >= 4 is 43.8 Å². The lowest BCUT2D eigenvalue weighted by molar-refractivity contribution is -0.385. The number of carbonyl (C=O) groups excluding carboxylic acids is 1. The average molecular weight is 401 g/mol. The fourth-order valence-corrected chi connectivity index (χ4v) is 2.22. The van der Waals surface area contributed by atoms with Crippen molar-refractivity contribution < 1.29 is 14.5 Å². The van der Waals surface area contributed by atoms with Gasteiger partial charge in [-0.05, 0) is 30.3 Å². The number of benzene rings is 2. The minimum absolute atomic E-state index is 0.0689. The van der Waals surface area contributed by atoms with Crippen molar-refractivity contribution in [3.8, 4) is 11.5 Å². The number of nitrogens with zero attached hydrogens (tertiary/aromatic N) is 1. The summed E-state index contributed by atoms with van der Waals surface area (Å²) in [5, 5.41) is 11.0. The standard InChI is InChI=1S/C13H7Br2NO4/c14-9-3-4-12(11(5-9)16(18)19)20-13-6-10(15)2-1-8(13)7-17/h1-7H. The molecule has 0 fully saturated rings. The Kier molecular flexibility index (Phi) is 4.51. The van der Waals surface area contributed by atoms with Gasteiger partial charge in [-0.2, -0.15) is 0 Å². The molecule has 0 aromatic heterocycles. The van der Waals surface area contributed by atoms with Gasteiger partial charge < -0.3 is 4.74 Å². The molecule has 2 aromatic rings. The molecule has 0 bridgehead atoms. The van der Waals surface area contributed by atoms with E-state index in [0.717, 1.165) is 0 Å². The van der Waals surface area contributed by atoms with E-state index in [-0.39, 0.29) is 17.2 Å². The Bertz CT molecular complexity index is 688. The fraction of sp³-hybridized carbons (Fsp3) is 0. The molecule has 102 valence electrons. The first kappa shape index (κ1) is 14.7. The van der Waals surface area contributed by atoms with E-state index in [1.165, 1.54) is 12.1 Å². The van der Waals surface area contributed by atoms with Crippen LogP contribution in [0.1, 0.15) is 10.4 Å². The van der Waals surface area contributed by atoms with Crippen molar-refractivity contribution in [1.82, 2.24) is 0 Å². The van der Waals surface area contributed by atoms with Crippen LogP contribution in [0.2, 0.25) is 0 Å². The zero-order chi connectivity index (χ0) is 14.7. The maximum atomic E-state index is 11.0. The Balaban J connectivity index is 2.47. The van der Waals surface area contributed by atoms with Crippen LogP contribution in [0, 0.1) is 10.1 Å². The number of hydrogen-bond acceptors (Lipinski definition) is 4. The Hall–Kier alpha value is -1.73. The highest BCUT2D eigenvalue weighted by Gasteiger charge is 2.17. The number of rotatable bonds is 4. The van der Waals surface area contributed by atoms with E-state index in [1.54, 1.807) is 24.3 Å². The summed E-state index contributed by atoms with van der Waals surface area (Å²) in [6.07, 6.45) is 0.631. The summed E-state index contributed by atoms with van der Waals surface area (Å²) < 4.78 is 6.78. The summed E-state index contributed by atoms with van der Waals surface area (Å²) in [5.41, 5.74) is 0.126. The van der Waals surface area contributed by atoms with Gasteiger partial charge in [-0.1, -0.05) is 31.9 Å². The third kappa shape index (κ3) is 3.23. The highest BCUT2D eigenvalue weighted by atomic mass is 79.9. The molecule has 0 saturated carbocycles. The van der Waals surface area contributed by atoms with Crippen molar-refractivity contribution in [3.05, 3.63) is 61.0 Å². The van der Waals surface area contributed by atoms with Crippen molar-refractivity contribution in [2.24, 2.45) is 0 Å². The first-order valence-electron chi connectivity index (χ1n) is 5.38. The van der Waals surface area contributed by atoms with Crippen LogP contribution in [0.3, 0.4) is 0 Å². The van der Waals surface area contributed by atoms with Crippen LogP contribution >= 0.6 is 31.9 Å². The average Bonchev–Trinajstić information content (AvgIpc) is 2.41. The molecule has 0 atom stereocenters. The molecule has 0 amide bonds. The number of carbonyl (C=O) groups is 1. The first-order chi connectivity index (χ1) is 9.51. The van der Waals surface area contributed by atoms with Crippen molar-refractivity contribution in [1.29, 1.82) is 0 Å². The molecular formula is C13H7Br2NO4. The van der Waals surface area contributed by atoms with Gasteiger partial charge in [0.1, 0.15) is 5.75 Å². The molecule has 2 aromatic carbocycles. The molecule has 0 N–H and O–H groups in total. The summed E-state index contributed by atoms with van der Waals surface area (Å²) in [6.45, 7) is 0. The van der Waals surface area contributed by atoms with E-state index in [4.69, 9.17) is 4.74 Å². The van der Waals surface area contributed by atoms with Gasteiger partial charge in [0.05, 0.1) is 10.5 Å². The van der Waals surface area contributed by atoms with Gasteiger partial charge in [-0.25, -0.2) is 0 Å². The Labute approximate surface area is 131 Å². The van der Waals surface area contributed by atoms with Crippen molar-refractivity contribution in [2.45, 2.75) is 0 Å². The maximum absolute atomic E-state index is 11.0. The minimum Gasteiger partial charge on any atom is -0.449 e. The van der Waals surface area contributed by atoms with Crippen LogP contribution in [-0.4, -0.2) is 11.2 Å². The van der Waals surface area contributed by atoms with E-state index >= 15 is 0 Å². The normalized spacial score (nSPS) is 10.1. The van der Waals surface area contributed by atoms with E-state index in [2.05, 4.69) is 31.9 Å². The molecule has 0 aliphatic heterocycles. The van der Waals surface area contributed by atoms with E-state index in [1.807, 2.05) is 0 Å². The van der Waals surface area contributed by atoms with Crippen LogP contribution in [-0.2, 0) is 0 Å². The van der Waals surface area contributed by atoms with Gasteiger partial charge in [0, 0.05) is 15.0 Å². The molecule has 0 saturated heterocycles. The molecule has 0 aliphatic rings. The predicted octanol–water partition coefficient (Wildman–Crippen LogP) is 4.72. The highest BCUT2D eigenvalue weighted by Crippen LogP contribution is 2.35. The summed E-state index contributed by atoms with van der Waals surface area (Å²) >= 11 is 6.43. The molecule has 2 rings (SSSR count). The molecule has 5 nitrogen and oxygen atoms in total. The van der Waals surface area contributed by atoms with Crippen LogP contribution in [0.25, 0.3) is 0 Å². The van der Waals surface area contributed by atoms with E-state index < -0.39 is 4.92 Å². The van der Waals surface area contributed by atoms with Crippen LogP contribution in [0.4, 0.5) is 5.69 Å². The van der Waals surface area contributed by atoms with Crippen LogP contribution in [0.5, 0.6) is 11.5 Å². The number of nitro groups is 1. The highest BCUT2D eigenvalue weighted by molar-refractivity contribution is 9.10. The van der Waals surface area contributed by atoms with Crippen LogP contribution in [0.15, 0.2) is 45.3 Å². The van der Waals surface area contributed by atoms with Crippen LogP contribution < -0.4 is 4.74 Å². The topological polar surface area (TPSA) is 69.4 Å². The zero-order valence-corrected chi connectivity index (χ0v) is 13.0. The molecular weight excluding hydrogens is 394 g/mol. The third-order valence-electron chi connectivity index (χ3n) is 2.44. The summed E-state index contributed by atoms with van der Waals surface area (Å²) in [5.74, 6) is 0.319. The number of hydrogen-bond donors (Lipinski definition) is 0. The quantitative estimate of drug-likeness (QED) is 0.422. The van der Waals surface area contributed by atoms with Crippen molar-refractivity contribution in [3.63, 3.8) is 0 Å². The van der Waals surface area contributed by atoms with Gasteiger partial charge in [0.15, 0.2) is 6.29 Å². The Morgan fingerprint density at radius 1 is 1.05 bits per heavy atom. The molecule has 0 radical (unpaired) electrons. The lowest BCUT2D eigenvalue weighted by atomic mass is 10.2. The first-order valence-corrected chi connectivity index (χ1v) is 6.96. The fourth-order valence-electron chi connectivity index (χ4n) is 1.53. The van der Waals surface area contributed by atoms with Gasteiger partial charge >= 0.3 is 5.69 Å². The molecule has 0 unspecified atom stereocenters. The van der Waals surface area contributed by atoms with E-state index in [9.17, 15) is 14.9 Å². The van der Waals surface area contributed by atoms with Gasteiger partial charge in [0.25, 0.3) is 0 Å². The number of halogens is 2. The van der Waals surface area contributed by atoms with Gasteiger partial charge in [0.2, 0.25) is 5.75 Å². The molecule has 0 heterocycles. The lowest BCUT2D eigenvalue weighted by Crippen LogP contribution is -1.95. The smallest absolute Gasteiger partial charge is 0.312 e. The summed E-state index contributed by atoms with van der Waals surface area (Å²) in [7, 11) is 0. The number of aldehydes is 1. The summed E-state index contributed by atoms with van der Waals surface area (Å²) in [4.78, 5) is 21.4. The lowest BCUT2D eigenvalue weighted by Gasteiger charge is -2.09. The second kappa shape index (κ2) is 6.15. The van der Waals surface area contributed by atoms with Crippen molar-refractivity contribution in [2.75, 3.05) is 0 Å².